The zero-order valence-electron chi connectivity index (χ0n) is 19.9. The number of esters is 1. The average molecular weight is 529 g/mol. The number of amides is 1. The van der Waals surface area contributed by atoms with Gasteiger partial charge in [0.15, 0.2) is 5.82 Å². The molecule has 2 aromatic rings. The van der Waals surface area contributed by atoms with Crippen LogP contribution in [0.25, 0.3) is 0 Å². The van der Waals surface area contributed by atoms with Gasteiger partial charge in [-0.1, -0.05) is 0 Å². The van der Waals surface area contributed by atoms with Crippen molar-refractivity contribution in [3.63, 3.8) is 0 Å². The fraction of sp³-hybridized carbons (Fsp3) is 0.500. The molecule has 0 aliphatic carbocycles. The fourth-order valence-corrected chi connectivity index (χ4v) is 3.30. The second-order valence-corrected chi connectivity index (χ2v) is 8.45. The molecular weight excluding hydrogens is 503 g/mol. The van der Waals surface area contributed by atoms with Crippen LogP contribution in [0, 0.1) is 10.1 Å². The number of anilines is 3. The van der Waals surface area contributed by atoms with Gasteiger partial charge in [-0.2, -0.15) is 9.97 Å². The van der Waals surface area contributed by atoms with Crippen molar-refractivity contribution in [3.05, 3.63) is 33.1 Å². The standard InChI is InChI=1S/C11H15ClN4O4.C9H11ClN4O/c1-4-20-9(17)6-15(7(2)3)10-8(16(18)19)5-13-11(12)14-10;1-5(2)14-4-7(15)12-6-3-11-9(10)13-8(6)14/h5,7H,4,6H2,1-3H3;3,5H,4H2,1-2H3,(H,12,15). The van der Waals surface area contributed by atoms with Crippen LogP contribution in [-0.4, -0.2) is 68.5 Å². The summed E-state index contributed by atoms with van der Waals surface area (Å²) in [4.78, 5) is 52.1. The molecule has 1 aliphatic rings. The number of carbonyl (C=O) groups excluding carboxylic acids is 2. The molecule has 15 heteroatoms. The van der Waals surface area contributed by atoms with Gasteiger partial charge in [-0.05, 0) is 57.8 Å². The topological polar surface area (TPSA) is 157 Å². The number of rotatable bonds is 7. The van der Waals surface area contributed by atoms with Crippen molar-refractivity contribution in [1.29, 1.82) is 0 Å². The quantitative estimate of drug-likeness (QED) is 0.243. The number of hydrogen-bond acceptors (Lipinski definition) is 11. The van der Waals surface area contributed by atoms with E-state index in [4.69, 9.17) is 27.9 Å². The number of nitrogens with one attached hydrogen (secondary N) is 1. The van der Waals surface area contributed by atoms with E-state index in [-0.39, 0.29) is 53.2 Å². The number of carbonyl (C=O) groups is 2. The lowest BCUT2D eigenvalue weighted by atomic mass is 10.2. The maximum Gasteiger partial charge on any atom is 0.329 e. The number of fused-ring (bicyclic) bond motifs is 1. The van der Waals surface area contributed by atoms with Crippen LogP contribution in [0.3, 0.4) is 0 Å². The van der Waals surface area contributed by atoms with Gasteiger partial charge in [0.05, 0.1) is 24.3 Å². The summed E-state index contributed by atoms with van der Waals surface area (Å²) in [5, 5.41) is 13.8. The summed E-state index contributed by atoms with van der Waals surface area (Å²) in [7, 11) is 0. The number of aromatic nitrogens is 4. The Morgan fingerprint density at radius 1 is 1.23 bits per heavy atom. The summed E-state index contributed by atoms with van der Waals surface area (Å²) in [6.07, 6.45) is 2.54. The van der Waals surface area contributed by atoms with Crippen molar-refractivity contribution in [1.82, 2.24) is 19.9 Å². The highest BCUT2D eigenvalue weighted by Gasteiger charge is 2.27. The molecule has 2 aromatic heterocycles. The number of ether oxygens (including phenoxy) is 1. The van der Waals surface area contributed by atoms with Crippen molar-refractivity contribution in [2.75, 3.05) is 34.8 Å². The Morgan fingerprint density at radius 2 is 1.86 bits per heavy atom. The van der Waals surface area contributed by atoms with E-state index in [1.165, 1.54) is 11.1 Å². The molecule has 0 unspecified atom stereocenters. The van der Waals surface area contributed by atoms with Crippen molar-refractivity contribution in [3.8, 4) is 0 Å². The molecule has 0 fully saturated rings. The largest absolute Gasteiger partial charge is 0.465 e. The zero-order valence-corrected chi connectivity index (χ0v) is 21.4. The van der Waals surface area contributed by atoms with Crippen LogP contribution in [0.2, 0.25) is 10.6 Å². The summed E-state index contributed by atoms with van der Waals surface area (Å²) in [6.45, 7) is 9.62. The molecule has 1 aliphatic heterocycles. The highest BCUT2D eigenvalue weighted by atomic mass is 35.5. The predicted octanol–water partition coefficient (Wildman–Crippen LogP) is 3.11. The average Bonchev–Trinajstić information content (AvgIpc) is 2.77. The van der Waals surface area contributed by atoms with Crippen molar-refractivity contribution in [2.45, 2.75) is 46.7 Å². The van der Waals surface area contributed by atoms with E-state index in [9.17, 15) is 19.7 Å². The van der Waals surface area contributed by atoms with Gasteiger partial charge in [-0.25, -0.2) is 9.97 Å². The molecule has 1 amide bonds. The van der Waals surface area contributed by atoms with Crippen LogP contribution in [0.4, 0.5) is 23.0 Å². The van der Waals surface area contributed by atoms with Crippen LogP contribution >= 0.6 is 23.2 Å². The first kappa shape index (κ1) is 27.9. The van der Waals surface area contributed by atoms with Crippen LogP contribution in [0.1, 0.15) is 34.6 Å². The van der Waals surface area contributed by atoms with Gasteiger partial charge in [0.1, 0.15) is 18.4 Å². The van der Waals surface area contributed by atoms with E-state index in [0.717, 1.165) is 6.20 Å². The monoisotopic (exact) mass is 528 g/mol. The van der Waals surface area contributed by atoms with E-state index in [1.54, 1.807) is 20.8 Å². The number of nitro groups is 1. The lowest BCUT2D eigenvalue weighted by Crippen LogP contribution is -2.42. The second-order valence-electron chi connectivity index (χ2n) is 7.78. The highest BCUT2D eigenvalue weighted by Crippen LogP contribution is 2.29. The van der Waals surface area contributed by atoms with Crippen molar-refractivity contribution >= 4 is 58.1 Å². The van der Waals surface area contributed by atoms with E-state index in [2.05, 4.69) is 25.3 Å². The molecule has 0 spiro atoms. The third kappa shape index (κ3) is 7.59. The molecule has 0 bridgehead atoms. The zero-order chi connectivity index (χ0) is 26.3. The molecule has 0 saturated heterocycles. The van der Waals surface area contributed by atoms with E-state index in [0.29, 0.717) is 18.1 Å². The first-order valence-electron chi connectivity index (χ1n) is 10.6. The predicted molar refractivity (Wildman–Crippen MR) is 131 cm³/mol. The number of halogens is 2. The summed E-state index contributed by atoms with van der Waals surface area (Å²) in [5.74, 6) is 0.134. The van der Waals surface area contributed by atoms with E-state index >= 15 is 0 Å². The molecular formula is C20H26Cl2N8O5. The highest BCUT2D eigenvalue weighted by molar-refractivity contribution is 6.28. The number of hydrogen-bond donors (Lipinski definition) is 1. The lowest BCUT2D eigenvalue weighted by Gasteiger charge is -2.32. The Balaban J connectivity index is 0.000000256. The van der Waals surface area contributed by atoms with Crippen molar-refractivity contribution < 1.29 is 19.2 Å². The summed E-state index contributed by atoms with van der Waals surface area (Å²) in [5.41, 5.74) is 0.303. The van der Waals surface area contributed by atoms with Gasteiger partial charge in [0.25, 0.3) is 0 Å². The third-order valence-electron chi connectivity index (χ3n) is 4.64. The van der Waals surface area contributed by atoms with E-state index < -0.39 is 10.9 Å². The molecule has 0 aromatic carbocycles. The maximum absolute atomic E-state index is 11.6. The Labute approximate surface area is 212 Å². The Morgan fingerprint density at radius 3 is 2.43 bits per heavy atom. The van der Waals surface area contributed by atoms with Gasteiger partial charge < -0.3 is 19.9 Å². The Kier molecular flexibility index (Phi) is 9.89. The first-order valence-corrected chi connectivity index (χ1v) is 11.4. The third-order valence-corrected chi connectivity index (χ3v) is 5.00. The molecule has 190 valence electrons. The molecule has 3 rings (SSSR count). The van der Waals surface area contributed by atoms with E-state index in [1.807, 2.05) is 18.7 Å². The molecule has 0 saturated carbocycles. The summed E-state index contributed by atoms with van der Waals surface area (Å²) >= 11 is 11.4. The Bertz CT molecular complexity index is 1090. The molecule has 3 heterocycles. The van der Waals surface area contributed by atoms with Gasteiger partial charge >= 0.3 is 11.7 Å². The minimum absolute atomic E-state index is 0.00180. The van der Waals surface area contributed by atoms with Crippen LogP contribution in [0.5, 0.6) is 0 Å². The molecule has 35 heavy (non-hydrogen) atoms. The molecule has 13 nitrogen and oxygen atoms in total. The minimum atomic E-state index is -0.619. The minimum Gasteiger partial charge on any atom is -0.465 e. The molecule has 0 radical (unpaired) electrons. The second kappa shape index (κ2) is 12.4. The lowest BCUT2D eigenvalue weighted by molar-refractivity contribution is -0.384. The van der Waals surface area contributed by atoms with Crippen LogP contribution in [0.15, 0.2) is 12.4 Å². The van der Waals surface area contributed by atoms with Gasteiger partial charge in [-0.15, -0.1) is 0 Å². The SMILES string of the molecule is CC(C)N1CC(=O)Nc2cnc(Cl)nc21.CCOC(=O)CN(c1nc(Cl)ncc1[N+](=O)[O-])C(C)C. The van der Waals surface area contributed by atoms with Crippen molar-refractivity contribution in [2.24, 2.45) is 0 Å². The summed E-state index contributed by atoms with van der Waals surface area (Å²) < 4.78 is 4.85. The van der Waals surface area contributed by atoms with Gasteiger partial charge in [0.2, 0.25) is 22.3 Å². The van der Waals surface area contributed by atoms with Gasteiger partial charge in [0, 0.05) is 12.1 Å². The van der Waals surface area contributed by atoms with Crippen LogP contribution < -0.4 is 15.1 Å². The summed E-state index contributed by atoms with van der Waals surface area (Å²) in [6, 6.07) is -0.00941. The molecule has 1 N–H and O–H groups in total. The Hall–Kier alpha value is -3.32. The van der Waals surface area contributed by atoms with Crippen LogP contribution in [-0.2, 0) is 14.3 Å². The molecule has 0 atom stereocenters. The first-order chi connectivity index (χ1) is 16.4. The van der Waals surface area contributed by atoms with Gasteiger partial charge in [-0.3, -0.25) is 19.7 Å². The fourth-order valence-electron chi connectivity index (χ4n) is 3.04. The maximum atomic E-state index is 11.6. The normalized spacial score (nSPS) is 12.5. The smallest absolute Gasteiger partial charge is 0.329 e. The number of nitrogens with zero attached hydrogens (tertiary/aromatic N) is 7.